The average Bonchev–Trinajstić information content (AvgIpc) is 2.07. The zero-order valence-electron chi connectivity index (χ0n) is 7.84. The quantitative estimate of drug-likeness (QED) is 0.618. The van der Waals surface area contributed by atoms with Gasteiger partial charge in [0.05, 0.1) is 0 Å². The van der Waals surface area contributed by atoms with Crippen LogP contribution in [-0.4, -0.2) is 12.1 Å². The Kier molecular flexibility index (Phi) is 11.9. The molecule has 0 saturated heterocycles. The second-order valence-electron chi connectivity index (χ2n) is 2.67. The summed E-state index contributed by atoms with van der Waals surface area (Å²) in [6, 6.07) is 0. The van der Waals surface area contributed by atoms with Crippen LogP contribution in [0.5, 0.6) is 0 Å². The number of carbonyl (C=O) groups excluding carboxylic acids is 2. The Bertz CT molecular complexity index is 116. The molecule has 1 aliphatic carbocycles. The maximum Gasteiger partial charge on any atom is 0.132 e. The molecule has 3 heteroatoms. The lowest BCUT2D eigenvalue weighted by atomic mass is 10.00. The van der Waals surface area contributed by atoms with E-state index in [1.165, 1.54) is 6.42 Å². The number of aldehydes is 1. The van der Waals surface area contributed by atoms with Crippen LogP contribution in [0, 0.1) is 0 Å². The third-order valence-electron chi connectivity index (χ3n) is 1.58. The first-order valence-electron chi connectivity index (χ1n) is 4.26. The molecule has 0 radical (unpaired) electrons. The van der Waals surface area contributed by atoms with Gasteiger partial charge in [-0.05, 0) is 12.8 Å². The van der Waals surface area contributed by atoms with Crippen LogP contribution in [0.15, 0.2) is 0 Å². The van der Waals surface area contributed by atoms with E-state index in [-0.39, 0.29) is 6.15 Å². The van der Waals surface area contributed by atoms with E-state index in [9.17, 15) is 9.59 Å². The zero-order chi connectivity index (χ0) is 8.53. The van der Waals surface area contributed by atoms with E-state index in [2.05, 4.69) is 0 Å². The minimum Gasteiger partial charge on any atom is -0.344 e. The topological polar surface area (TPSA) is 69.1 Å². The fourth-order valence-electron chi connectivity index (χ4n) is 0.946. The summed E-state index contributed by atoms with van der Waals surface area (Å²) in [5, 5.41) is 0. The van der Waals surface area contributed by atoms with Crippen molar-refractivity contribution in [3.63, 3.8) is 0 Å². The summed E-state index contributed by atoms with van der Waals surface area (Å²) in [6.07, 6.45) is 6.75. The summed E-state index contributed by atoms with van der Waals surface area (Å²) in [4.78, 5) is 19.6. The Balaban J connectivity index is 0. The van der Waals surface area contributed by atoms with Crippen LogP contribution < -0.4 is 6.15 Å². The van der Waals surface area contributed by atoms with Crippen molar-refractivity contribution in [2.75, 3.05) is 0 Å². The summed E-state index contributed by atoms with van der Waals surface area (Å²) in [5.41, 5.74) is 0. The molecule has 72 valence electrons. The Morgan fingerprint density at radius 2 is 1.67 bits per heavy atom. The van der Waals surface area contributed by atoms with Gasteiger partial charge in [-0.1, -0.05) is 13.3 Å². The molecule has 0 bridgehead atoms. The van der Waals surface area contributed by atoms with Crippen molar-refractivity contribution in [1.82, 2.24) is 6.15 Å². The fraction of sp³-hybridized carbons (Fsp3) is 0.778. The first-order chi connectivity index (χ1) is 5.31. The molecule has 3 nitrogen and oxygen atoms in total. The summed E-state index contributed by atoms with van der Waals surface area (Å²) >= 11 is 0. The van der Waals surface area contributed by atoms with E-state index in [0.29, 0.717) is 12.2 Å². The number of hydrogen-bond acceptors (Lipinski definition) is 3. The summed E-state index contributed by atoms with van der Waals surface area (Å²) in [5.74, 6) is 0.464. The van der Waals surface area contributed by atoms with Crippen molar-refractivity contribution < 1.29 is 9.59 Å². The Morgan fingerprint density at radius 1 is 1.25 bits per heavy atom. The molecular weight excluding hydrogens is 154 g/mol. The molecule has 1 saturated carbocycles. The zero-order valence-corrected chi connectivity index (χ0v) is 7.84. The van der Waals surface area contributed by atoms with E-state index in [0.717, 1.165) is 32.0 Å². The van der Waals surface area contributed by atoms with Crippen molar-refractivity contribution in [3.8, 4) is 0 Å². The van der Waals surface area contributed by atoms with Crippen molar-refractivity contribution >= 4 is 12.1 Å². The standard InChI is InChI=1S/C6H10O.C3H6O.H3N/c7-6-4-2-1-3-5-6;1-2-3-4;/h1-5H2;3H,2H2,1H3;1H3. The predicted molar refractivity (Wildman–Crippen MR) is 49.5 cm³/mol. The molecule has 0 aromatic rings. The Hall–Kier alpha value is -0.700. The van der Waals surface area contributed by atoms with Gasteiger partial charge in [0.1, 0.15) is 12.1 Å². The van der Waals surface area contributed by atoms with Gasteiger partial charge in [0.25, 0.3) is 0 Å². The van der Waals surface area contributed by atoms with Gasteiger partial charge in [-0.15, -0.1) is 0 Å². The lowest BCUT2D eigenvalue weighted by Gasteiger charge is -2.05. The predicted octanol–water partition coefficient (Wildman–Crippen LogP) is 2.28. The fourth-order valence-corrected chi connectivity index (χ4v) is 0.946. The average molecular weight is 173 g/mol. The molecule has 12 heavy (non-hydrogen) atoms. The maximum atomic E-state index is 10.5. The van der Waals surface area contributed by atoms with Crippen molar-refractivity contribution in [2.24, 2.45) is 0 Å². The van der Waals surface area contributed by atoms with Crippen molar-refractivity contribution in [3.05, 3.63) is 0 Å². The molecule has 0 aliphatic heterocycles. The van der Waals surface area contributed by atoms with Crippen LogP contribution in [0.25, 0.3) is 0 Å². The van der Waals surface area contributed by atoms with Gasteiger partial charge in [0, 0.05) is 19.3 Å². The van der Waals surface area contributed by atoms with Crippen LogP contribution in [0.4, 0.5) is 0 Å². The van der Waals surface area contributed by atoms with Gasteiger partial charge in [0.15, 0.2) is 0 Å². The highest BCUT2D eigenvalue weighted by atomic mass is 16.1. The maximum absolute atomic E-state index is 10.5. The largest absolute Gasteiger partial charge is 0.344 e. The van der Waals surface area contributed by atoms with Crippen LogP contribution in [0.1, 0.15) is 45.4 Å². The van der Waals surface area contributed by atoms with Crippen LogP contribution in [0.2, 0.25) is 0 Å². The second-order valence-corrected chi connectivity index (χ2v) is 2.67. The van der Waals surface area contributed by atoms with Crippen LogP contribution in [-0.2, 0) is 9.59 Å². The van der Waals surface area contributed by atoms with Gasteiger partial charge in [0.2, 0.25) is 0 Å². The van der Waals surface area contributed by atoms with Gasteiger partial charge in [-0.2, -0.15) is 0 Å². The molecule has 0 amide bonds. The van der Waals surface area contributed by atoms with E-state index in [1.807, 2.05) is 6.92 Å². The summed E-state index contributed by atoms with van der Waals surface area (Å²) in [7, 11) is 0. The molecule has 3 N–H and O–H groups in total. The first-order valence-corrected chi connectivity index (χ1v) is 4.26. The van der Waals surface area contributed by atoms with Gasteiger partial charge in [-0.25, -0.2) is 0 Å². The molecule has 1 fully saturated rings. The van der Waals surface area contributed by atoms with Crippen LogP contribution >= 0.6 is 0 Å². The molecule has 1 aliphatic rings. The molecule has 1 rings (SSSR count). The molecule has 0 spiro atoms. The van der Waals surface area contributed by atoms with Gasteiger partial charge in [-0.3, -0.25) is 4.79 Å². The number of rotatable bonds is 1. The second kappa shape index (κ2) is 10.3. The molecule has 0 atom stereocenters. The van der Waals surface area contributed by atoms with Crippen LogP contribution in [0.3, 0.4) is 0 Å². The number of Topliss-reactive ketones (excluding diaryl/α,β-unsaturated/α-hetero) is 1. The smallest absolute Gasteiger partial charge is 0.132 e. The van der Waals surface area contributed by atoms with Gasteiger partial charge >= 0.3 is 0 Å². The molecule has 0 aromatic heterocycles. The highest BCUT2D eigenvalue weighted by Gasteiger charge is 2.05. The number of carbonyl (C=O) groups is 2. The van der Waals surface area contributed by atoms with E-state index in [4.69, 9.17) is 0 Å². The molecule has 0 heterocycles. The lowest BCUT2D eigenvalue weighted by Crippen LogP contribution is -2.02. The number of hydrogen-bond donors (Lipinski definition) is 1. The molecule has 0 unspecified atom stereocenters. The van der Waals surface area contributed by atoms with Crippen molar-refractivity contribution in [2.45, 2.75) is 45.4 Å². The Morgan fingerprint density at radius 3 is 1.83 bits per heavy atom. The van der Waals surface area contributed by atoms with Gasteiger partial charge < -0.3 is 10.9 Å². The van der Waals surface area contributed by atoms with Crippen molar-refractivity contribution in [1.29, 1.82) is 0 Å². The molecule has 0 aromatic carbocycles. The number of ketones is 1. The minimum atomic E-state index is 0. The van der Waals surface area contributed by atoms with E-state index in [1.54, 1.807) is 0 Å². The van der Waals surface area contributed by atoms with E-state index >= 15 is 0 Å². The third-order valence-corrected chi connectivity index (χ3v) is 1.58. The summed E-state index contributed by atoms with van der Waals surface area (Å²) < 4.78 is 0. The summed E-state index contributed by atoms with van der Waals surface area (Å²) in [6.45, 7) is 1.81. The highest BCUT2D eigenvalue weighted by molar-refractivity contribution is 5.78. The SMILES string of the molecule is CCC=O.N.O=C1CCCCC1. The monoisotopic (exact) mass is 173 g/mol. The lowest BCUT2D eigenvalue weighted by molar-refractivity contribution is -0.120. The first kappa shape index (κ1) is 13.9. The minimum absolute atomic E-state index is 0. The van der Waals surface area contributed by atoms with E-state index < -0.39 is 0 Å². The molecular formula is C9H19NO2. The third kappa shape index (κ3) is 9.30. The Labute approximate surface area is 74.1 Å². The normalized spacial score (nSPS) is 15.2. The highest BCUT2D eigenvalue weighted by Crippen LogP contribution is 2.12.